The van der Waals surface area contributed by atoms with Crippen molar-refractivity contribution in [3.8, 4) is 27.8 Å². The van der Waals surface area contributed by atoms with Crippen LogP contribution < -0.4 is 4.74 Å². The molecule has 4 aromatic rings. The lowest BCUT2D eigenvalue weighted by atomic mass is 10.2. The zero-order valence-electron chi connectivity index (χ0n) is 14.2. The molecule has 0 radical (unpaired) electrons. The molecule has 1 N–H and O–H groups in total. The van der Waals surface area contributed by atoms with Gasteiger partial charge in [0, 0.05) is 5.56 Å². The molecule has 0 atom stereocenters. The van der Waals surface area contributed by atoms with Gasteiger partial charge >= 0.3 is 5.97 Å². The van der Waals surface area contributed by atoms with Gasteiger partial charge in [-0.2, -0.15) is 0 Å². The molecule has 0 aliphatic rings. The first-order valence-corrected chi connectivity index (χ1v) is 8.88. The van der Waals surface area contributed by atoms with Gasteiger partial charge in [0.2, 0.25) is 0 Å². The molecule has 27 heavy (non-hydrogen) atoms. The van der Waals surface area contributed by atoms with Crippen LogP contribution in [0.15, 0.2) is 60.9 Å². The second-order valence-corrected chi connectivity index (χ2v) is 6.68. The fourth-order valence-electron chi connectivity index (χ4n) is 2.59. The molecule has 2 aromatic heterocycles. The minimum Gasteiger partial charge on any atom is -0.477 e. The van der Waals surface area contributed by atoms with Crippen molar-refractivity contribution >= 4 is 17.3 Å². The predicted octanol–water partition coefficient (Wildman–Crippen LogP) is 4.19. The second-order valence-electron chi connectivity index (χ2n) is 5.68. The SMILES string of the molecule is Cc1nc(-c2ccc(Oc3ccccc3)c(-n3ccnn3)c2)sc1C(=O)O. The lowest BCUT2D eigenvalue weighted by molar-refractivity contribution is 0.0701. The molecular formula is C19H14N4O3S. The fraction of sp³-hybridized carbons (Fsp3) is 0.0526. The van der Waals surface area contributed by atoms with Gasteiger partial charge in [0.05, 0.1) is 18.1 Å². The van der Waals surface area contributed by atoms with Crippen LogP contribution in [0.1, 0.15) is 15.4 Å². The van der Waals surface area contributed by atoms with Crippen molar-refractivity contribution in [1.82, 2.24) is 20.0 Å². The number of rotatable bonds is 5. The van der Waals surface area contributed by atoms with Gasteiger partial charge in [0.15, 0.2) is 5.75 Å². The summed E-state index contributed by atoms with van der Waals surface area (Å²) < 4.78 is 7.59. The molecule has 0 amide bonds. The van der Waals surface area contributed by atoms with Crippen molar-refractivity contribution in [3.63, 3.8) is 0 Å². The third kappa shape index (κ3) is 3.42. The van der Waals surface area contributed by atoms with E-state index in [2.05, 4.69) is 15.3 Å². The van der Waals surface area contributed by atoms with Crippen LogP contribution in [0.4, 0.5) is 0 Å². The molecule has 0 aliphatic carbocycles. The van der Waals surface area contributed by atoms with E-state index in [1.165, 1.54) is 0 Å². The molecular weight excluding hydrogens is 364 g/mol. The van der Waals surface area contributed by atoms with Gasteiger partial charge in [-0.25, -0.2) is 14.5 Å². The van der Waals surface area contributed by atoms with Crippen LogP contribution in [0.25, 0.3) is 16.3 Å². The molecule has 0 bridgehead atoms. The fourth-order valence-corrected chi connectivity index (χ4v) is 3.49. The van der Waals surface area contributed by atoms with Gasteiger partial charge in [-0.1, -0.05) is 23.4 Å². The van der Waals surface area contributed by atoms with E-state index in [9.17, 15) is 9.90 Å². The number of aromatic carboxylic acids is 1. The summed E-state index contributed by atoms with van der Waals surface area (Å²) in [5.74, 6) is 0.323. The van der Waals surface area contributed by atoms with Gasteiger partial charge in [0.25, 0.3) is 0 Å². The highest BCUT2D eigenvalue weighted by molar-refractivity contribution is 7.17. The number of aryl methyl sites for hydroxylation is 1. The molecule has 0 aliphatic heterocycles. The first-order valence-electron chi connectivity index (χ1n) is 8.06. The summed E-state index contributed by atoms with van der Waals surface area (Å²) in [5.41, 5.74) is 1.95. The Kier molecular flexibility index (Phi) is 4.39. The van der Waals surface area contributed by atoms with Gasteiger partial charge in [-0.3, -0.25) is 0 Å². The first-order chi connectivity index (χ1) is 13.1. The number of ether oxygens (including phenoxy) is 1. The van der Waals surface area contributed by atoms with Gasteiger partial charge in [-0.05, 0) is 37.3 Å². The average Bonchev–Trinajstić information content (AvgIpc) is 3.33. The highest BCUT2D eigenvalue weighted by Crippen LogP contribution is 2.34. The lowest BCUT2D eigenvalue weighted by Gasteiger charge is -2.12. The van der Waals surface area contributed by atoms with Crippen LogP contribution in [0.2, 0.25) is 0 Å². The van der Waals surface area contributed by atoms with E-state index in [4.69, 9.17) is 4.74 Å². The number of benzene rings is 2. The molecule has 0 saturated heterocycles. The minimum atomic E-state index is -0.975. The quantitative estimate of drug-likeness (QED) is 0.560. The maximum absolute atomic E-state index is 11.3. The van der Waals surface area contributed by atoms with Gasteiger partial charge in [0.1, 0.15) is 21.3 Å². The normalized spacial score (nSPS) is 10.7. The summed E-state index contributed by atoms with van der Waals surface area (Å²) in [4.78, 5) is 15.9. The topological polar surface area (TPSA) is 90.1 Å². The summed E-state index contributed by atoms with van der Waals surface area (Å²) in [6, 6.07) is 15.0. The molecule has 0 spiro atoms. The van der Waals surface area contributed by atoms with Crippen molar-refractivity contribution in [2.24, 2.45) is 0 Å². The minimum absolute atomic E-state index is 0.233. The molecule has 0 saturated carbocycles. The summed E-state index contributed by atoms with van der Waals surface area (Å²) in [7, 11) is 0. The summed E-state index contributed by atoms with van der Waals surface area (Å²) in [6.07, 6.45) is 3.29. The van der Waals surface area contributed by atoms with Gasteiger partial charge < -0.3 is 9.84 Å². The van der Waals surface area contributed by atoms with E-state index >= 15 is 0 Å². The van der Waals surface area contributed by atoms with Crippen LogP contribution in [0.3, 0.4) is 0 Å². The highest BCUT2D eigenvalue weighted by Gasteiger charge is 2.17. The second kappa shape index (κ2) is 7.00. The lowest BCUT2D eigenvalue weighted by Crippen LogP contribution is -1.99. The van der Waals surface area contributed by atoms with Crippen LogP contribution in [0, 0.1) is 6.92 Å². The Hall–Kier alpha value is -3.52. The molecule has 0 unspecified atom stereocenters. The molecule has 8 heteroatoms. The number of para-hydroxylation sites is 1. The Morgan fingerprint density at radius 2 is 2.00 bits per heavy atom. The number of aromatic nitrogens is 4. The molecule has 2 heterocycles. The van der Waals surface area contributed by atoms with Crippen LogP contribution in [-0.2, 0) is 0 Å². The van der Waals surface area contributed by atoms with Crippen molar-refractivity contribution in [2.45, 2.75) is 6.92 Å². The summed E-state index contributed by atoms with van der Waals surface area (Å²) in [5, 5.41) is 17.8. The van der Waals surface area contributed by atoms with E-state index in [1.807, 2.05) is 48.5 Å². The van der Waals surface area contributed by atoms with E-state index in [0.29, 0.717) is 27.9 Å². The van der Waals surface area contributed by atoms with Crippen molar-refractivity contribution in [1.29, 1.82) is 0 Å². The number of nitrogens with zero attached hydrogens (tertiary/aromatic N) is 4. The zero-order chi connectivity index (χ0) is 18.8. The highest BCUT2D eigenvalue weighted by atomic mass is 32.1. The van der Waals surface area contributed by atoms with Crippen molar-refractivity contribution in [2.75, 3.05) is 0 Å². The van der Waals surface area contributed by atoms with Gasteiger partial charge in [-0.15, -0.1) is 16.4 Å². The zero-order valence-corrected chi connectivity index (χ0v) is 15.1. The van der Waals surface area contributed by atoms with E-state index in [-0.39, 0.29) is 4.88 Å². The monoisotopic (exact) mass is 378 g/mol. The standard InChI is InChI=1S/C19H14N4O3S/c1-12-17(19(24)25)27-18(21-12)13-7-8-16(26-14-5-3-2-4-6-14)15(11-13)23-10-9-20-22-23/h2-11H,1H3,(H,24,25). The summed E-state index contributed by atoms with van der Waals surface area (Å²) >= 11 is 1.14. The maximum atomic E-state index is 11.3. The number of carbonyl (C=O) groups is 1. The number of hydrogen-bond donors (Lipinski definition) is 1. The number of thiazole rings is 1. The Balaban J connectivity index is 1.78. The summed E-state index contributed by atoms with van der Waals surface area (Å²) in [6.45, 7) is 1.69. The molecule has 4 rings (SSSR count). The largest absolute Gasteiger partial charge is 0.477 e. The van der Waals surface area contributed by atoms with Crippen LogP contribution in [0.5, 0.6) is 11.5 Å². The maximum Gasteiger partial charge on any atom is 0.347 e. The molecule has 7 nitrogen and oxygen atoms in total. The van der Waals surface area contributed by atoms with Crippen LogP contribution >= 0.6 is 11.3 Å². The third-order valence-corrected chi connectivity index (χ3v) is 5.03. The molecule has 2 aromatic carbocycles. The van der Waals surface area contributed by atoms with Crippen LogP contribution in [-0.4, -0.2) is 31.1 Å². The predicted molar refractivity (Wildman–Crippen MR) is 101 cm³/mol. The Bertz CT molecular complexity index is 1090. The third-order valence-electron chi connectivity index (χ3n) is 3.84. The smallest absolute Gasteiger partial charge is 0.347 e. The number of hydrogen-bond acceptors (Lipinski definition) is 6. The molecule has 0 fully saturated rings. The van der Waals surface area contributed by atoms with Crippen molar-refractivity contribution in [3.05, 3.63) is 71.5 Å². The first kappa shape index (κ1) is 16.9. The Labute approximate surface area is 158 Å². The Morgan fingerprint density at radius 3 is 2.67 bits per heavy atom. The number of carboxylic acids is 1. The van der Waals surface area contributed by atoms with E-state index < -0.39 is 5.97 Å². The molecule has 134 valence electrons. The number of carboxylic acid groups (broad SMARTS) is 1. The van der Waals surface area contributed by atoms with E-state index in [0.717, 1.165) is 16.9 Å². The van der Waals surface area contributed by atoms with Crippen molar-refractivity contribution < 1.29 is 14.6 Å². The Morgan fingerprint density at radius 1 is 1.19 bits per heavy atom. The average molecular weight is 378 g/mol. The van der Waals surface area contributed by atoms with E-state index in [1.54, 1.807) is 24.0 Å².